The van der Waals surface area contributed by atoms with Gasteiger partial charge in [-0.05, 0) is 92.1 Å². The third-order valence-electron chi connectivity index (χ3n) is 14.6. The van der Waals surface area contributed by atoms with Crippen molar-refractivity contribution in [1.82, 2.24) is 0 Å². The fourth-order valence-corrected chi connectivity index (χ4v) is 9.45. The highest BCUT2D eigenvalue weighted by molar-refractivity contribution is 5.40. The summed E-state index contributed by atoms with van der Waals surface area (Å²) in [6, 6.07) is 7.55. The van der Waals surface area contributed by atoms with E-state index in [0.717, 1.165) is 38.5 Å². The second-order valence-electron chi connectivity index (χ2n) is 19.6. The van der Waals surface area contributed by atoms with Gasteiger partial charge in [0.05, 0.1) is 6.10 Å². The van der Waals surface area contributed by atoms with Gasteiger partial charge in [0.1, 0.15) is 0 Å². The molecule has 0 aromatic heterocycles. The summed E-state index contributed by atoms with van der Waals surface area (Å²) in [6.45, 7) is 46.3. The van der Waals surface area contributed by atoms with Gasteiger partial charge in [0, 0.05) is 5.41 Å². The number of aliphatic hydroxyl groups is 1. The molecule has 1 aromatic rings. The van der Waals surface area contributed by atoms with Crippen LogP contribution in [0.15, 0.2) is 18.2 Å². The third-order valence-corrected chi connectivity index (χ3v) is 14.6. The zero-order chi connectivity index (χ0) is 33.8. The maximum atomic E-state index is 13.1. The molecule has 1 N–H and O–H groups in total. The largest absolute Gasteiger partial charge is 0.392 e. The van der Waals surface area contributed by atoms with Gasteiger partial charge in [-0.1, -0.05) is 163 Å². The van der Waals surface area contributed by atoms with Gasteiger partial charge >= 0.3 is 0 Å². The first kappa shape index (κ1) is 38.4. The Morgan fingerprint density at radius 3 is 1.40 bits per heavy atom. The van der Waals surface area contributed by atoms with Crippen LogP contribution in [0.25, 0.3) is 0 Å². The van der Waals surface area contributed by atoms with E-state index >= 15 is 0 Å². The molecule has 0 saturated heterocycles. The fraction of sp³-hybridized carbons (Fsp3) is 0.857. The molecule has 0 radical (unpaired) electrons. The molecular weight excluding hydrogens is 520 g/mol. The lowest BCUT2D eigenvalue weighted by Crippen LogP contribution is -2.67. The first-order valence-corrected chi connectivity index (χ1v) is 18.0. The smallest absolute Gasteiger partial charge is 0.0640 e. The van der Waals surface area contributed by atoms with E-state index in [1.807, 2.05) is 0 Å². The summed E-state index contributed by atoms with van der Waals surface area (Å²) < 4.78 is 0. The normalized spacial score (nSPS) is 27.3. The van der Waals surface area contributed by atoms with Crippen molar-refractivity contribution in [2.24, 2.45) is 38.4 Å². The molecule has 1 heteroatoms. The van der Waals surface area contributed by atoms with E-state index in [1.54, 1.807) is 0 Å². The minimum atomic E-state index is -0.383. The highest BCUT2D eigenvalue weighted by atomic mass is 16.3. The second-order valence-corrected chi connectivity index (χ2v) is 19.6. The Morgan fingerprint density at radius 2 is 1.07 bits per heavy atom. The van der Waals surface area contributed by atoms with Crippen molar-refractivity contribution in [2.45, 2.75) is 193 Å². The number of hydrogen-bond acceptors (Lipinski definition) is 1. The van der Waals surface area contributed by atoms with E-state index in [0.29, 0.717) is 0 Å². The minimum absolute atomic E-state index is 0.0230. The molecule has 1 aliphatic carbocycles. The first-order valence-electron chi connectivity index (χ1n) is 18.0. The highest BCUT2D eigenvalue weighted by Crippen LogP contribution is 2.73. The standard InChI is InChI=1S/C42H76O/c1-20-37(12,13)31-24-30(25-32(26-31)38(14,15)21-2)29(5)33-27-41(35(6,7)8,39(16,17)22-3)28-42(34(33)43,36(9,10)11)40(18,19)23-4/h24-26,29,33-34,43H,20-23,27-28H2,1-19H3. The van der Waals surface area contributed by atoms with E-state index in [1.165, 1.54) is 16.7 Å². The predicted molar refractivity (Wildman–Crippen MR) is 192 cm³/mol. The summed E-state index contributed by atoms with van der Waals surface area (Å²) in [5.74, 6) is 0.416. The van der Waals surface area contributed by atoms with Crippen LogP contribution in [0.4, 0.5) is 0 Å². The van der Waals surface area contributed by atoms with Crippen LogP contribution in [0.5, 0.6) is 0 Å². The van der Waals surface area contributed by atoms with Crippen LogP contribution in [0, 0.1) is 38.4 Å². The minimum Gasteiger partial charge on any atom is -0.392 e. The molecule has 0 amide bonds. The van der Waals surface area contributed by atoms with Gasteiger partial charge in [-0.25, -0.2) is 0 Å². The Hall–Kier alpha value is -0.820. The highest BCUT2D eigenvalue weighted by Gasteiger charge is 2.68. The quantitative estimate of drug-likeness (QED) is 0.285. The van der Waals surface area contributed by atoms with Crippen molar-refractivity contribution in [3.05, 3.63) is 34.9 Å². The molecule has 0 aliphatic heterocycles. The molecule has 0 spiro atoms. The number of aliphatic hydroxyl groups excluding tert-OH is 1. The fourth-order valence-electron chi connectivity index (χ4n) is 9.45. The van der Waals surface area contributed by atoms with Gasteiger partial charge in [-0.15, -0.1) is 0 Å². The number of hydrogen-bond donors (Lipinski definition) is 1. The maximum absolute atomic E-state index is 13.1. The Bertz CT molecular complexity index is 1050. The Balaban J connectivity index is 3.06. The van der Waals surface area contributed by atoms with Gasteiger partial charge in [0.15, 0.2) is 0 Å². The van der Waals surface area contributed by atoms with E-state index in [-0.39, 0.29) is 61.3 Å². The van der Waals surface area contributed by atoms with Crippen molar-refractivity contribution < 1.29 is 5.11 Å². The van der Waals surface area contributed by atoms with E-state index in [4.69, 9.17) is 0 Å². The number of rotatable bonds is 10. The van der Waals surface area contributed by atoms with Crippen LogP contribution in [0.1, 0.15) is 193 Å². The summed E-state index contributed by atoms with van der Waals surface area (Å²) in [5.41, 5.74) is 4.51. The topological polar surface area (TPSA) is 20.2 Å². The van der Waals surface area contributed by atoms with Gasteiger partial charge < -0.3 is 5.11 Å². The second kappa shape index (κ2) is 12.1. The molecule has 1 nitrogen and oxygen atoms in total. The zero-order valence-corrected chi connectivity index (χ0v) is 32.7. The van der Waals surface area contributed by atoms with Crippen molar-refractivity contribution in [1.29, 1.82) is 0 Å². The van der Waals surface area contributed by atoms with Crippen LogP contribution in [0.2, 0.25) is 0 Å². The molecule has 1 saturated carbocycles. The summed E-state index contributed by atoms with van der Waals surface area (Å²) in [5, 5.41) is 13.1. The van der Waals surface area contributed by atoms with Crippen molar-refractivity contribution in [2.75, 3.05) is 0 Å². The SMILES string of the molecule is CCC(C)(C)c1cc(C(C)C2CC(C(C)(C)C)(C(C)(C)CC)CC(C(C)(C)C)(C(C)(C)CC)C2O)cc(C(C)(C)CC)c1. The molecular formula is C42H76O. The van der Waals surface area contributed by atoms with Crippen LogP contribution >= 0.6 is 0 Å². The van der Waals surface area contributed by atoms with Crippen molar-refractivity contribution in [3.8, 4) is 0 Å². The predicted octanol–water partition coefficient (Wildman–Crippen LogP) is 12.9. The Morgan fingerprint density at radius 1 is 0.651 bits per heavy atom. The molecule has 5 atom stereocenters. The summed E-state index contributed by atoms with van der Waals surface area (Å²) >= 11 is 0. The van der Waals surface area contributed by atoms with Crippen molar-refractivity contribution >= 4 is 0 Å². The summed E-state index contributed by atoms with van der Waals surface area (Å²) in [4.78, 5) is 0. The molecule has 250 valence electrons. The Kier molecular flexibility index (Phi) is 10.8. The lowest BCUT2D eigenvalue weighted by Gasteiger charge is -2.71. The number of benzene rings is 1. The van der Waals surface area contributed by atoms with Crippen LogP contribution < -0.4 is 0 Å². The molecule has 2 rings (SSSR count). The van der Waals surface area contributed by atoms with Gasteiger partial charge in [0.25, 0.3) is 0 Å². The molecule has 43 heavy (non-hydrogen) atoms. The van der Waals surface area contributed by atoms with Crippen molar-refractivity contribution in [3.63, 3.8) is 0 Å². The summed E-state index contributed by atoms with van der Waals surface area (Å²) in [7, 11) is 0. The molecule has 1 fully saturated rings. The monoisotopic (exact) mass is 597 g/mol. The molecule has 1 aliphatic rings. The van der Waals surface area contributed by atoms with Gasteiger partial charge in [-0.2, -0.15) is 0 Å². The average molecular weight is 597 g/mol. The molecule has 0 heterocycles. The average Bonchev–Trinajstić information content (AvgIpc) is 2.90. The maximum Gasteiger partial charge on any atom is 0.0640 e. The molecule has 0 bridgehead atoms. The van der Waals surface area contributed by atoms with E-state index in [9.17, 15) is 5.11 Å². The summed E-state index contributed by atoms with van der Waals surface area (Å²) in [6.07, 6.45) is 6.16. The Labute approximate surface area is 270 Å². The van der Waals surface area contributed by atoms with Gasteiger partial charge in [-0.3, -0.25) is 0 Å². The molecule has 5 unspecified atom stereocenters. The molecule has 1 aromatic carbocycles. The first-order chi connectivity index (χ1) is 19.2. The van der Waals surface area contributed by atoms with E-state index in [2.05, 4.69) is 150 Å². The van der Waals surface area contributed by atoms with Gasteiger partial charge in [0.2, 0.25) is 0 Å². The third kappa shape index (κ3) is 6.30. The van der Waals surface area contributed by atoms with Crippen LogP contribution in [-0.4, -0.2) is 11.2 Å². The lowest BCUT2D eigenvalue weighted by atomic mass is 9.34. The van der Waals surface area contributed by atoms with E-state index < -0.39 is 0 Å². The van der Waals surface area contributed by atoms with Crippen LogP contribution in [-0.2, 0) is 10.8 Å². The van der Waals surface area contributed by atoms with Crippen LogP contribution in [0.3, 0.4) is 0 Å². The lowest BCUT2D eigenvalue weighted by molar-refractivity contribution is -0.254. The zero-order valence-electron chi connectivity index (χ0n) is 32.7.